The summed E-state index contributed by atoms with van der Waals surface area (Å²) in [7, 11) is 0. The minimum absolute atomic E-state index is 0.563. The summed E-state index contributed by atoms with van der Waals surface area (Å²) in [6.45, 7) is 1.15. The maximum atomic E-state index is 5.41. The number of nitrogens with one attached hydrogen (secondary N) is 1. The van der Waals surface area contributed by atoms with Crippen molar-refractivity contribution in [1.29, 1.82) is 0 Å². The Hall–Kier alpha value is -1.59. The topological polar surface area (TPSA) is 24.9 Å². The summed E-state index contributed by atoms with van der Waals surface area (Å²) >= 11 is 0. The molecule has 2 heteroatoms. The number of aromatic nitrogens is 1. The van der Waals surface area contributed by atoms with E-state index in [1.54, 1.807) is 6.20 Å². The maximum Gasteiger partial charge on any atom is 0.0432 e. The molecule has 1 N–H and O–H groups in total. The van der Waals surface area contributed by atoms with Gasteiger partial charge in [-0.15, -0.1) is 6.42 Å². The minimum atomic E-state index is 0.563. The Morgan fingerprint density at radius 3 is 3.18 bits per heavy atom. The summed E-state index contributed by atoms with van der Waals surface area (Å²) in [5, 5.41) is 3.57. The van der Waals surface area contributed by atoms with Gasteiger partial charge in [0.05, 0.1) is 0 Å². The van der Waals surface area contributed by atoms with Crippen LogP contribution < -0.4 is 5.32 Å². The number of pyridine rings is 1. The van der Waals surface area contributed by atoms with Crippen molar-refractivity contribution >= 4 is 5.57 Å². The van der Waals surface area contributed by atoms with Gasteiger partial charge in [0.2, 0.25) is 0 Å². The van der Waals surface area contributed by atoms with Gasteiger partial charge in [0, 0.05) is 24.0 Å². The molecule has 3 rings (SSSR count). The lowest BCUT2D eigenvalue weighted by molar-refractivity contribution is 0.341. The molecule has 1 aliphatic heterocycles. The number of piperidine rings is 1. The highest BCUT2D eigenvalue weighted by atomic mass is 14.9. The van der Waals surface area contributed by atoms with E-state index in [4.69, 9.17) is 6.42 Å². The average Bonchev–Trinajstić information content (AvgIpc) is 2.82. The SMILES string of the molecule is C#Cc1cncc(C2=C[C@@H]3NCCC[C@@H]3C2)c1. The van der Waals surface area contributed by atoms with E-state index in [0.29, 0.717) is 6.04 Å². The van der Waals surface area contributed by atoms with Crippen molar-refractivity contribution in [2.45, 2.75) is 25.3 Å². The monoisotopic (exact) mass is 224 g/mol. The Bertz CT molecular complexity index is 496. The zero-order chi connectivity index (χ0) is 11.7. The summed E-state index contributed by atoms with van der Waals surface area (Å²) in [5.74, 6) is 3.42. The number of allylic oxidation sites excluding steroid dienone is 1. The van der Waals surface area contributed by atoms with Crippen molar-refractivity contribution in [3.63, 3.8) is 0 Å². The molecule has 1 saturated heterocycles. The summed E-state index contributed by atoms with van der Waals surface area (Å²) < 4.78 is 0. The highest BCUT2D eigenvalue weighted by Crippen LogP contribution is 2.36. The molecule has 1 aromatic rings. The van der Waals surface area contributed by atoms with Crippen LogP contribution in [-0.4, -0.2) is 17.6 Å². The standard InChI is InChI=1S/C15H16N2/c1-2-11-6-14(10-16-9-11)13-7-12-4-3-5-17-15(12)8-13/h1,6,8-10,12,15,17H,3-5,7H2/t12-,15+/m1/s1. The molecule has 17 heavy (non-hydrogen) atoms. The number of hydrogen-bond donors (Lipinski definition) is 1. The van der Waals surface area contributed by atoms with Crippen LogP contribution in [0.1, 0.15) is 30.4 Å². The molecule has 1 aromatic heterocycles. The van der Waals surface area contributed by atoms with E-state index in [1.165, 1.54) is 24.0 Å². The first kappa shape index (κ1) is 10.6. The van der Waals surface area contributed by atoms with Crippen LogP contribution in [0.2, 0.25) is 0 Å². The number of hydrogen-bond acceptors (Lipinski definition) is 2. The molecule has 0 spiro atoms. The fourth-order valence-corrected chi connectivity index (χ4v) is 2.88. The van der Waals surface area contributed by atoms with Crippen molar-refractivity contribution in [2.75, 3.05) is 6.54 Å². The molecule has 0 bridgehead atoms. The number of fused-ring (bicyclic) bond motifs is 1. The van der Waals surface area contributed by atoms with Crippen molar-refractivity contribution in [2.24, 2.45) is 5.92 Å². The van der Waals surface area contributed by atoms with Crippen LogP contribution >= 0.6 is 0 Å². The molecule has 2 aliphatic rings. The first-order valence-electron chi connectivity index (χ1n) is 6.23. The van der Waals surface area contributed by atoms with Gasteiger partial charge in [-0.2, -0.15) is 0 Å². The van der Waals surface area contributed by atoms with Crippen LogP contribution in [0.3, 0.4) is 0 Å². The lowest BCUT2D eigenvalue weighted by atomic mass is 9.92. The highest BCUT2D eigenvalue weighted by Gasteiger charge is 2.29. The zero-order valence-corrected chi connectivity index (χ0v) is 9.82. The molecular formula is C15H16N2. The fraction of sp³-hybridized carbons (Fsp3) is 0.400. The van der Waals surface area contributed by atoms with Crippen molar-refractivity contribution in [3.8, 4) is 12.3 Å². The molecule has 1 fully saturated rings. The zero-order valence-electron chi connectivity index (χ0n) is 9.82. The molecule has 1 aliphatic carbocycles. The number of rotatable bonds is 1. The molecule has 86 valence electrons. The van der Waals surface area contributed by atoms with Gasteiger partial charge in [-0.05, 0) is 48.9 Å². The third-order valence-corrected chi connectivity index (χ3v) is 3.78. The molecular weight excluding hydrogens is 208 g/mol. The second-order valence-electron chi connectivity index (χ2n) is 4.88. The molecule has 2 atom stereocenters. The van der Waals surface area contributed by atoms with Crippen LogP contribution in [0.5, 0.6) is 0 Å². The average molecular weight is 224 g/mol. The van der Waals surface area contributed by atoms with Crippen LogP contribution in [0.4, 0.5) is 0 Å². The van der Waals surface area contributed by atoms with Gasteiger partial charge in [0.1, 0.15) is 0 Å². The largest absolute Gasteiger partial charge is 0.310 e. The van der Waals surface area contributed by atoms with E-state index < -0.39 is 0 Å². The van der Waals surface area contributed by atoms with Gasteiger partial charge in [0.15, 0.2) is 0 Å². The van der Waals surface area contributed by atoms with E-state index in [1.807, 2.05) is 6.20 Å². The Balaban J connectivity index is 1.87. The third-order valence-electron chi connectivity index (χ3n) is 3.78. The highest BCUT2D eigenvalue weighted by molar-refractivity contribution is 5.69. The number of nitrogens with zero attached hydrogens (tertiary/aromatic N) is 1. The lowest BCUT2D eigenvalue weighted by Gasteiger charge is -2.25. The maximum absolute atomic E-state index is 5.41. The van der Waals surface area contributed by atoms with E-state index in [-0.39, 0.29) is 0 Å². The summed E-state index contributed by atoms with van der Waals surface area (Å²) in [6, 6.07) is 2.63. The van der Waals surface area contributed by atoms with Crippen LogP contribution in [0, 0.1) is 18.3 Å². The van der Waals surface area contributed by atoms with Gasteiger partial charge in [0.25, 0.3) is 0 Å². The Labute approximate surface area is 102 Å². The van der Waals surface area contributed by atoms with E-state index >= 15 is 0 Å². The Morgan fingerprint density at radius 2 is 2.35 bits per heavy atom. The first-order valence-corrected chi connectivity index (χ1v) is 6.23. The van der Waals surface area contributed by atoms with Crippen molar-refractivity contribution in [1.82, 2.24) is 10.3 Å². The molecule has 0 radical (unpaired) electrons. The summed E-state index contributed by atoms with van der Waals surface area (Å²) in [5.41, 5.74) is 3.46. The van der Waals surface area contributed by atoms with Crippen LogP contribution in [0.25, 0.3) is 5.57 Å². The van der Waals surface area contributed by atoms with Crippen molar-refractivity contribution in [3.05, 3.63) is 35.7 Å². The second kappa shape index (κ2) is 4.35. The summed E-state index contributed by atoms with van der Waals surface area (Å²) in [4.78, 5) is 4.21. The molecule has 0 saturated carbocycles. The smallest absolute Gasteiger partial charge is 0.0432 e. The van der Waals surface area contributed by atoms with Gasteiger partial charge < -0.3 is 5.32 Å². The first-order chi connectivity index (χ1) is 8.36. The van der Waals surface area contributed by atoms with E-state index in [2.05, 4.69) is 28.4 Å². The molecule has 2 heterocycles. The van der Waals surface area contributed by atoms with Crippen molar-refractivity contribution < 1.29 is 0 Å². The van der Waals surface area contributed by atoms with E-state index in [0.717, 1.165) is 24.4 Å². The molecule has 2 nitrogen and oxygen atoms in total. The van der Waals surface area contributed by atoms with Crippen LogP contribution in [-0.2, 0) is 0 Å². The Morgan fingerprint density at radius 1 is 1.41 bits per heavy atom. The molecule has 0 aromatic carbocycles. The van der Waals surface area contributed by atoms with Gasteiger partial charge >= 0.3 is 0 Å². The van der Waals surface area contributed by atoms with Gasteiger partial charge in [-0.3, -0.25) is 4.98 Å². The third kappa shape index (κ3) is 1.99. The predicted molar refractivity (Wildman–Crippen MR) is 69.3 cm³/mol. The normalized spacial score (nSPS) is 27.1. The van der Waals surface area contributed by atoms with Gasteiger partial charge in [-0.1, -0.05) is 12.0 Å². The molecule has 0 amide bonds. The van der Waals surface area contributed by atoms with Gasteiger partial charge in [-0.25, -0.2) is 0 Å². The Kier molecular flexibility index (Phi) is 2.70. The predicted octanol–water partition coefficient (Wildman–Crippen LogP) is 2.22. The van der Waals surface area contributed by atoms with Crippen LogP contribution in [0.15, 0.2) is 24.5 Å². The fourth-order valence-electron chi connectivity index (χ4n) is 2.88. The van der Waals surface area contributed by atoms with E-state index in [9.17, 15) is 0 Å². The quantitative estimate of drug-likeness (QED) is 0.740. The lowest BCUT2D eigenvalue weighted by Crippen LogP contribution is -2.37. The number of terminal acetylenes is 1. The molecule has 0 unspecified atom stereocenters. The second-order valence-corrected chi connectivity index (χ2v) is 4.88. The minimum Gasteiger partial charge on any atom is -0.310 e. The summed E-state index contributed by atoms with van der Waals surface area (Å²) in [6.07, 6.45) is 15.2.